The van der Waals surface area contributed by atoms with Gasteiger partial charge in [-0.05, 0) is 17.5 Å². The summed E-state index contributed by atoms with van der Waals surface area (Å²) < 4.78 is 31.9. The number of phosphoric ester groups is 1. The van der Waals surface area contributed by atoms with E-state index in [-0.39, 0.29) is 11.2 Å². The smallest absolute Gasteiger partial charge is 0.496 e. The zero-order valence-electron chi connectivity index (χ0n) is 15.3. The standard InChI is InChI=1S/C17H27O7P/c1-17(2,3)15(12-23-10-9-21-4)16(22-5)13-7-6-8-14(11-13)24-25(18,19)20/h6-8,11H,9-10,12H2,1-5H3,(H2,18,19,20). The zero-order valence-corrected chi connectivity index (χ0v) is 16.2. The van der Waals surface area contributed by atoms with Crippen LogP contribution in [0, 0.1) is 5.41 Å². The Hall–Kier alpha value is -1.37. The predicted octanol–water partition coefficient (Wildman–Crippen LogP) is 3.22. The minimum atomic E-state index is -4.62. The third-order valence-electron chi connectivity index (χ3n) is 3.38. The van der Waals surface area contributed by atoms with Gasteiger partial charge >= 0.3 is 7.82 Å². The van der Waals surface area contributed by atoms with Crippen molar-refractivity contribution in [3.05, 3.63) is 35.4 Å². The summed E-state index contributed by atoms with van der Waals surface area (Å²) in [6.45, 7) is 7.41. The van der Waals surface area contributed by atoms with Crippen LogP contribution in [-0.2, 0) is 18.8 Å². The van der Waals surface area contributed by atoms with E-state index in [0.717, 1.165) is 5.57 Å². The van der Waals surface area contributed by atoms with E-state index in [9.17, 15) is 4.57 Å². The molecule has 0 fully saturated rings. The van der Waals surface area contributed by atoms with Crippen LogP contribution in [-0.4, -0.2) is 43.8 Å². The van der Waals surface area contributed by atoms with E-state index in [4.69, 9.17) is 24.0 Å². The van der Waals surface area contributed by atoms with E-state index in [0.29, 0.717) is 31.1 Å². The van der Waals surface area contributed by atoms with Gasteiger partial charge in [-0.2, -0.15) is 0 Å². The molecule has 0 radical (unpaired) electrons. The van der Waals surface area contributed by atoms with Crippen LogP contribution >= 0.6 is 7.82 Å². The van der Waals surface area contributed by atoms with Crippen LogP contribution in [0.2, 0.25) is 0 Å². The van der Waals surface area contributed by atoms with Gasteiger partial charge < -0.3 is 18.7 Å². The van der Waals surface area contributed by atoms with Crippen LogP contribution in [0.15, 0.2) is 29.8 Å². The molecule has 1 aromatic rings. The molecule has 0 aliphatic carbocycles. The maximum atomic E-state index is 11.0. The highest BCUT2D eigenvalue weighted by Crippen LogP contribution is 2.39. The third-order valence-corrected chi connectivity index (χ3v) is 3.83. The summed E-state index contributed by atoms with van der Waals surface area (Å²) in [7, 11) is -1.47. The number of phosphoric acid groups is 1. The minimum absolute atomic E-state index is 0.0638. The lowest BCUT2D eigenvalue weighted by Crippen LogP contribution is -2.18. The minimum Gasteiger partial charge on any atom is -0.496 e. The Balaban J connectivity index is 3.21. The van der Waals surface area contributed by atoms with E-state index in [2.05, 4.69) is 4.52 Å². The monoisotopic (exact) mass is 374 g/mol. The van der Waals surface area contributed by atoms with E-state index >= 15 is 0 Å². The van der Waals surface area contributed by atoms with E-state index in [1.54, 1.807) is 26.4 Å². The molecule has 0 atom stereocenters. The van der Waals surface area contributed by atoms with Gasteiger partial charge in [-0.1, -0.05) is 32.9 Å². The average Bonchev–Trinajstić information content (AvgIpc) is 2.48. The molecule has 0 amide bonds. The number of hydrogen-bond acceptors (Lipinski definition) is 5. The number of methoxy groups -OCH3 is 2. The molecule has 0 bridgehead atoms. The fourth-order valence-corrected chi connectivity index (χ4v) is 2.57. The molecule has 2 N–H and O–H groups in total. The lowest BCUT2D eigenvalue weighted by Gasteiger charge is -2.26. The number of hydrogen-bond donors (Lipinski definition) is 2. The molecule has 8 heteroatoms. The van der Waals surface area contributed by atoms with Gasteiger partial charge in [-0.25, -0.2) is 4.57 Å². The van der Waals surface area contributed by atoms with Crippen LogP contribution in [0.3, 0.4) is 0 Å². The third kappa shape index (κ3) is 7.59. The Morgan fingerprint density at radius 2 is 1.84 bits per heavy atom. The summed E-state index contributed by atoms with van der Waals surface area (Å²) in [5, 5.41) is 0. The zero-order chi connectivity index (χ0) is 19.1. The Kier molecular flexibility index (Phi) is 8.12. The summed E-state index contributed by atoms with van der Waals surface area (Å²) in [4.78, 5) is 18.0. The van der Waals surface area contributed by atoms with Crippen molar-refractivity contribution in [3.63, 3.8) is 0 Å². The van der Waals surface area contributed by atoms with Crippen molar-refractivity contribution >= 4 is 13.6 Å². The largest absolute Gasteiger partial charge is 0.524 e. The molecule has 7 nitrogen and oxygen atoms in total. The topological polar surface area (TPSA) is 94.5 Å². The van der Waals surface area contributed by atoms with Crippen molar-refractivity contribution in [1.82, 2.24) is 0 Å². The summed E-state index contributed by atoms with van der Waals surface area (Å²) >= 11 is 0. The molecule has 0 aliphatic rings. The number of ether oxygens (including phenoxy) is 3. The molecule has 0 spiro atoms. The lowest BCUT2D eigenvalue weighted by molar-refractivity contribution is 0.0764. The predicted molar refractivity (Wildman–Crippen MR) is 95.2 cm³/mol. The van der Waals surface area contributed by atoms with E-state index in [1.165, 1.54) is 12.1 Å². The molecule has 25 heavy (non-hydrogen) atoms. The Morgan fingerprint density at radius 3 is 2.36 bits per heavy atom. The molecule has 142 valence electrons. The summed E-state index contributed by atoms with van der Waals surface area (Å²) in [5.41, 5.74) is 1.33. The van der Waals surface area contributed by atoms with Crippen molar-refractivity contribution in [2.24, 2.45) is 5.41 Å². The van der Waals surface area contributed by atoms with Crippen LogP contribution in [0.25, 0.3) is 5.76 Å². The Labute approximate surface area is 148 Å². The average molecular weight is 374 g/mol. The summed E-state index contributed by atoms with van der Waals surface area (Å²) in [6, 6.07) is 6.43. The first-order chi connectivity index (χ1) is 11.6. The van der Waals surface area contributed by atoms with Gasteiger partial charge in [0.2, 0.25) is 0 Å². The van der Waals surface area contributed by atoms with E-state index in [1.807, 2.05) is 20.8 Å². The highest BCUT2D eigenvalue weighted by molar-refractivity contribution is 7.46. The maximum Gasteiger partial charge on any atom is 0.524 e. The second kappa shape index (κ2) is 9.36. The first-order valence-corrected chi connectivity index (χ1v) is 9.31. The van der Waals surface area contributed by atoms with Gasteiger partial charge in [0.05, 0.1) is 26.9 Å². The van der Waals surface area contributed by atoms with Crippen LogP contribution < -0.4 is 4.52 Å². The van der Waals surface area contributed by atoms with Gasteiger partial charge in [-0.3, -0.25) is 9.79 Å². The molecule has 0 aromatic heterocycles. The number of benzene rings is 1. The maximum absolute atomic E-state index is 11.0. The molecule has 1 rings (SSSR count). The molecule has 0 heterocycles. The van der Waals surface area contributed by atoms with Gasteiger partial charge in [-0.15, -0.1) is 0 Å². The lowest BCUT2D eigenvalue weighted by atomic mass is 9.84. The van der Waals surface area contributed by atoms with Crippen molar-refractivity contribution < 1.29 is 33.1 Å². The van der Waals surface area contributed by atoms with E-state index < -0.39 is 7.82 Å². The molecular formula is C17H27O7P. The first kappa shape index (κ1) is 21.7. The summed E-state index contributed by atoms with van der Waals surface area (Å²) in [6.07, 6.45) is 0. The molecule has 0 aliphatic heterocycles. The molecule has 0 saturated heterocycles. The Morgan fingerprint density at radius 1 is 1.16 bits per heavy atom. The normalized spacial score (nSPS) is 13.4. The SMILES string of the molecule is COCCOCC(=C(OC)c1cccc(OP(=O)(O)O)c1)C(C)(C)C. The van der Waals surface area contributed by atoms with Crippen molar-refractivity contribution in [3.8, 4) is 5.75 Å². The quantitative estimate of drug-likeness (QED) is 0.389. The molecule has 0 saturated carbocycles. The highest BCUT2D eigenvalue weighted by Gasteiger charge is 2.24. The number of rotatable bonds is 9. The van der Waals surface area contributed by atoms with Crippen LogP contribution in [0.1, 0.15) is 26.3 Å². The van der Waals surface area contributed by atoms with Crippen molar-refractivity contribution in [1.29, 1.82) is 0 Å². The van der Waals surface area contributed by atoms with Gasteiger partial charge in [0, 0.05) is 18.2 Å². The van der Waals surface area contributed by atoms with Gasteiger partial charge in [0.15, 0.2) is 0 Å². The first-order valence-electron chi connectivity index (χ1n) is 7.78. The second-order valence-electron chi connectivity index (χ2n) is 6.42. The second-order valence-corrected chi connectivity index (χ2v) is 7.58. The molecule has 0 unspecified atom stereocenters. The molecular weight excluding hydrogens is 347 g/mol. The summed E-state index contributed by atoms with van der Waals surface area (Å²) in [5.74, 6) is 0.648. The highest BCUT2D eigenvalue weighted by atomic mass is 31.2. The fourth-order valence-electron chi connectivity index (χ4n) is 2.19. The van der Waals surface area contributed by atoms with Crippen molar-refractivity contribution in [2.75, 3.05) is 34.0 Å². The van der Waals surface area contributed by atoms with Gasteiger partial charge in [0.1, 0.15) is 11.5 Å². The molecule has 1 aromatic carbocycles. The fraction of sp³-hybridized carbons (Fsp3) is 0.529. The Bertz CT molecular complexity index is 628. The van der Waals surface area contributed by atoms with Crippen LogP contribution in [0.4, 0.5) is 0 Å². The van der Waals surface area contributed by atoms with Crippen molar-refractivity contribution in [2.45, 2.75) is 20.8 Å². The van der Waals surface area contributed by atoms with Gasteiger partial charge in [0.25, 0.3) is 0 Å². The van der Waals surface area contributed by atoms with Crippen LogP contribution in [0.5, 0.6) is 5.75 Å².